The van der Waals surface area contributed by atoms with Crippen molar-refractivity contribution in [2.45, 2.75) is 19.9 Å². The Balaban J connectivity index is 1.99. The number of nitrogens with zero attached hydrogens (tertiary/aromatic N) is 2. The van der Waals surface area contributed by atoms with E-state index in [1.54, 1.807) is 0 Å². The van der Waals surface area contributed by atoms with Crippen LogP contribution in [0.25, 0.3) is 10.9 Å². The Labute approximate surface area is 118 Å². The van der Waals surface area contributed by atoms with Crippen LogP contribution in [0.5, 0.6) is 0 Å². The summed E-state index contributed by atoms with van der Waals surface area (Å²) in [6, 6.07) is 12.1. The van der Waals surface area contributed by atoms with E-state index < -0.39 is 0 Å². The Hall–Kier alpha value is -2.29. The Bertz CT molecular complexity index is 764. The average Bonchev–Trinajstić information content (AvgIpc) is 3.05. The van der Waals surface area contributed by atoms with Gasteiger partial charge in [0.05, 0.1) is 17.8 Å². The first-order valence-electron chi connectivity index (χ1n) is 6.92. The summed E-state index contributed by atoms with van der Waals surface area (Å²) >= 11 is 0. The van der Waals surface area contributed by atoms with E-state index in [-0.39, 0.29) is 5.78 Å². The lowest BCUT2D eigenvalue weighted by Crippen LogP contribution is -2.13. The third-order valence-electron chi connectivity index (χ3n) is 3.80. The zero-order valence-electron chi connectivity index (χ0n) is 11.8. The largest absolute Gasteiger partial charge is 0.348 e. The number of hydrogen-bond acceptors (Lipinski definition) is 1. The molecule has 0 atom stereocenters. The summed E-state index contributed by atoms with van der Waals surface area (Å²) in [5.41, 5.74) is 3.21. The molecule has 0 radical (unpaired) electrons. The van der Waals surface area contributed by atoms with Crippen LogP contribution in [0.4, 0.5) is 0 Å². The smallest absolute Gasteiger partial charge is 0.198 e. The van der Waals surface area contributed by atoms with Crippen LogP contribution in [0.3, 0.4) is 0 Å². The van der Waals surface area contributed by atoms with Crippen LogP contribution in [0.15, 0.2) is 48.8 Å². The van der Waals surface area contributed by atoms with Gasteiger partial charge >= 0.3 is 0 Å². The van der Waals surface area contributed by atoms with Gasteiger partial charge in [0.25, 0.3) is 0 Å². The quantitative estimate of drug-likeness (QED) is 0.665. The number of benzene rings is 1. The summed E-state index contributed by atoms with van der Waals surface area (Å²) in [7, 11) is 1.90. The van der Waals surface area contributed by atoms with Gasteiger partial charge in [-0.15, -0.1) is 0 Å². The molecule has 0 unspecified atom stereocenters. The van der Waals surface area contributed by atoms with Crippen LogP contribution in [-0.4, -0.2) is 14.9 Å². The molecular weight excluding hydrogens is 248 g/mol. The lowest BCUT2D eigenvalue weighted by molar-refractivity contribution is 0.0965. The molecule has 0 saturated heterocycles. The molecule has 20 heavy (non-hydrogen) atoms. The maximum atomic E-state index is 12.4. The Morgan fingerprint density at radius 1 is 1.10 bits per heavy atom. The van der Waals surface area contributed by atoms with Gasteiger partial charge in [-0.2, -0.15) is 0 Å². The van der Waals surface area contributed by atoms with Crippen LogP contribution in [0.1, 0.15) is 23.0 Å². The Morgan fingerprint density at radius 3 is 2.65 bits per heavy atom. The van der Waals surface area contributed by atoms with Gasteiger partial charge in [-0.05, 0) is 35.6 Å². The lowest BCUT2D eigenvalue weighted by atomic mass is 10.1. The first kappa shape index (κ1) is 12.7. The number of aryl methyl sites for hydroxylation is 2. The zero-order chi connectivity index (χ0) is 14.1. The second-order valence-electron chi connectivity index (χ2n) is 5.08. The number of hydrogen-bond donors (Lipinski definition) is 0. The zero-order valence-corrected chi connectivity index (χ0v) is 11.8. The molecule has 0 aliphatic rings. The minimum absolute atomic E-state index is 0.140. The lowest BCUT2D eigenvalue weighted by Gasteiger charge is -2.09. The summed E-state index contributed by atoms with van der Waals surface area (Å²) < 4.78 is 3.93. The number of para-hydroxylation sites is 1. The molecule has 0 N–H and O–H groups in total. The van der Waals surface area contributed by atoms with E-state index in [0.717, 1.165) is 12.1 Å². The molecule has 2 heterocycles. The highest BCUT2D eigenvalue weighted by Crippen LogP contribution is 2.21. The molecule has 1 aromatic carbocycles. The summed E-state index contributed by atoms with van der Waals surface area (Å²) in [6.07, 6.45) is 4.88. The normalized spacial score (nSPS) is 11.1. The maximum Gasteiger partial charge on any atom is 0.198 e. The molecule has 0 aliphatic carbocycles. The molecule has 102 valence electrons. The highest BCUT2D eigenvalue weighted by molar-refractivity contribution is 5.95. The second-order valence-corrected chi connectivity index (χ2v) is 5.08. The molecule has 3 rings (SSSR count). The van der Waals surface area contributed by atoms with Crippen LogP contribution in [0, 0.1) is 0 Å². The van der Waals surface area contributed by atoms with Gasteiger partial charge in [-0.25, -0.2) is 0 Å². The highest BCUT2D eigenvalue weighted by Gasteiger charge is 2.12. The molecule has 3 heteroatoms. The Kier molecular flexibility index (Phi) is 3.18. The van der Waals surface area contributed by atoms with Crippen molar-refractivity contribution >= 4 is 16.7 Å². The third-order valence-corrected chi connectivity index (χ3v) is 3.80. The number of carbonyl (C=O) groups is 1. The standard InChI is InChI=1S/C17H18N2O/c1-3-13-6-4-7-14-9-11-19(17(13)14)12-16(20)15-8-5-10-18(15)2/h4-11H,3,12H2,1-2H3. The van der Waals surface area contributed by atoms with Gasteiger partial charge in [0.15, 0.2) is 5.78 Å². The van der Waals surface area contributed by atoms with Crippen molar-refractivity contribution in [1.29, 1.82) is 0 Å². The molecule has 3 aromatic rings. The monoisotopic (exact) mass is 266 g/mol. The van der Waals surface area contributed by atoms with Crippen molar-refractivity contribution in [3.63, 3.8) is 0 Å². The Morgan fingerprint density at radius 2 is 1.95 bits per heavy atom. The maximum absolute atomic E-state index is 12.4. The van der Waals surface area contributed by atoms with Crippen molar-refractivity contribution < 1.29 is 4.79 Å². The van der Waals surface area contributed by atoms with Crippen LogP contribution >= 0.6 is 0 Å². The van der Waals surface area contributed by atoms with E-state index >= 15 is 0 Å². The van der Waals surface area contributed by atoms with Gasteiger partial charge in [-0.3, -0.25) is 4.79 Å². The van der Waals surface area contributed by atoms with Crippen LogP contribution in [-0.2, 0) is 20.0 Å². The predicted molar refractivity (Wildman–Crippen MR) is 81.1 cm³/mol. The molecule has 0 saturated carbocycles. The van der Waals surface area contributed by atoms with Crippen LogP contribution in [0.2, 0.25) is 0 Å². The molecule has 3 nitrogen and oxygen atoms in total. The van der Waals surface area contributed by atoms with E-state index in [2.05, 4.69) is 35.8 Å². The topological polar surface area (TPSA) is 26.9 Å². The van der Waals surface area contributed by atoms with Gasteiger partial charge in [0.1, 0.15) is 0 Å². The molecule has 0 spiro atoms. The van der Waals surface area contributed by atoms with Crippen molar-refractivity contribution in [1.82, 2.24) is 9.13 Å². The first-order valence-corrected chi connectivity index (χ1v) is 6.92. The van der Waals surface area contributed by atoms with Crippen molar-refractivity contribution in [2.24, 2.45) is 7.05 Å². The average molecular weight is 266 g/mol. The predicted octanol–water partition coefficient (Wildman–Crippen LogP) is 3.43. The number of fused-ring (bicyclic) bond motifs is 1. The summed E-state index contributed by atoms with van der Waals surface area (Å²) in [4.78, 5) is 12.4. The molecule has 0 bridgehead atoms. The van der Waals surface area contributed by atoms with E-state index in [1.165, 1.54) is 16.5 Å². The van der Waals surface area contributed by atoms with E-state index in [0.29, 0.717) is 6.54 Å². The van der Waals surface area contributed by atoms with E-state index in [4.69, 9.17) is 0 Å². The fraction of sp³-hybridized carbons (Fsp3) is 0.235. The van der Waals surface area contributed by atoms with Gasteiger partial charge in [0.2, 0.25) is 0 Å². The van der Waals surface area contributed by atoms with Gasteiger partial charge < -0.3 is 9.13 Å². The first-order chi connectivity index (χ1) is 9.70. The highest BCUT2D eigenvalue weighted by atomic mass is 16.1. The van der Waals surface area contributed by atoms with Crippen molar-refractivity contribution in [3.8, 4) is 0 Å². The molecular formula is C17H18N2O. The van der Waals surface area contributed by atoms with Gasteiger partial charge in [-0.1, -0.05) is 25.1 Å². The molecule has 2 aromatic heterocycles. The van der Waals surface area contributed by atoms with E-state index in [9.17, 15) is 4.79 Å². The fourth-order valence-electron chi connectivity index (χ4n) is 2.74. The number of aromatic nitrogens is 2. The van der Waals surface area contributed by atoms with Crippen molar-refractivity contribution in [2.75, 3.05) is 0 Å². The number of rotatable bonds is 4. The minimum Gasteiger partial charge on any atom is -0.348 e. The summed E-state index contributed by atoms with van der Waals surface area (Å²) in [5.74, 6) is 0.140. The molecule has 0 aliphatic heterocycles. The number of carbonyl (C=O) groups excluding carboxylic acids is 1. The van der Waals surface area contributed by atoms with Gasteiger partial charge in [0, 0.05) is 19.4 Å². The summed E-state index contributed by atoms with van der Waals surface area (Å²) in [5, 5.41) is 1.20. The van der Waals surface area contributed by atoms with Crippen molar-refractivity contribution in [3.05, 3.63) is 60.0 Å². The SMILES string of the molecule is CCc1cccc2ccn(CC(=O)c3cccn3C)c12. The van der Waals surface area contributed by atoms with E-state index in [1.807, 2.05) is 36.1 Å². The van der Waals surface area contributed by atoms with Crippen LogP contribution < -0.4 is 0 Å². The minimum atomic E-state index is 0.140. The molecule has 0 fully saturated rings. The second kappa shape index (κ2) is 5.00. The number of ketones is 1. The number of Topliss-reactive ketones (excluding diaryl/α,β-unsaturated/α-hetero) is 1. The fourth-order valence-corrected chi connectivity index (χ4v) is 2.74. The molecule has 0 amide bonds. The third kappa shape index (κ3) is 2.05. The summed E-state index contributed by atoms with van der Waals surface area (Å²) in [6.45, 7) is 2.53.